The average molecular weight is 552 g/mol. The minimum atomic E-state index is -1.22. The lowest BCUT2D eigenvalue weighted by Crippen LogP contribution is -2.03. The van der Waals surface area contributed by atoms with Gasteiger partial charge < -0.3 is 20.4 Å². The number of nitriles is 1. The van der Waals surface area contributed by atoms with E-state index in [1.807, 2.05) is 66.7 Å². The number of aliphatic carboxylic acids is 2. The molecule has 0 aliphatic rings. The number of hydrogen-bond donors (Lipinski definition) is 4. The summed E-state index contributed by atoms with van der Waals surface area (Å²) in [7, 11) is 0. The summed E-state index contributed by atoms with van der Waals surface area (Å²) < 4.78 is 0. The second-order valence-electron chi connectivity index (χ2n) is 7.80. The summed E-state index contributed by atoms with van der Waals surface area (Å²) in [5.74, 6) is -3.45. The highest BCUT2D eigenvalue weighted by Crippen LogP contribution is 2.26. The minimum absolute atomic E-state index is 0. The first kappa shape index (κ1) is 33.1. The Balaban J connectivity index is 0.000000328. The molecule has 41 heavy (non-hydrogen) atoms. The van der Waals surface area contributed by atoms with Crippen molar-refractivity contribution in [3.05, 3.63) is 149 Å². The Labute approximate surface area is 238 Å². The highest BCUT2D eigenvalue weighted by atomic mass is 16.4. The van der Waals surface area contributed by atoms with E-state index in [0.717, 1.165) is 11.6 Å². The van der Waals surface area contributed by atoms with Crippen molar-refractivity contribution >= 4 is 29.6 Å². The molecule has 4 rings (SSSR count). The molecule has 4 N–H and O–H groups in total. The van der Waals surface area contributed by atoms with Crippen LogP contribution in [0.1, 0.15) is 34.5 Å². The summed E-state index contributed by atoms with van der Waals surface area (Å²) >= 11 is 0. The lowest BCUT2D eigenvalue weighted by Gasteiger charge is -2.09. The molecule has 0 fully saturated rings. The van der Waals surface area contributed by atoms with Crippen LogP contribution in [0.2, 0.25) is 0 Å². The third-order valence-electron chi connectivity index (χ3n) is 5.05. The third kappa shape index (κ3) is 11.1. The van der Waals surface area contributed by atoms with Crippen molar-refractivity contribution in [2.45, 2.75) is 7.43 Å². The van der Waals surface area contributed by atoms with Crippen LogP contribution >= 0.6 is 0 Å². The van der Waals surface area contributed by atoms with E-state index in [9.17, 15) is 19.5 Å². The fraction of sp³-hybridized carbons (Fsp3) is 0.0303. The van der Waals surface area contributed by atoms with Crippen LogP contribution in [0.5, 0.6) is 5.75 Å². The molecule has 0 spiro atoms. The van der Waals surface area contributed by atoms with Gasteiger partial charge in [0.15, 0.2) is 0 Å². The molecule has 0 aliphatic heterocycles. The smallest absolute Gasteiger partial charge is 0.347 e. The molecule has 8 heteroatoms. The first-order valence-electron chi connectivity index (χ1n) is 11.7. The number of phenols is 1. The van der Waals surface area contributed by atoms with Gasteiger partial charge in [0.25, 0.3) is 0 Å². The van der Waals surface area contributed by atoms with Crippen LogP contribution in [-0.4, -0.2) is 38.3 Å². The first-order valence-corrected chi connectivity index (χ1v) is 11.7. The van der Waals surface area contributed by atoms with Gasteiger partial charge in [0.1, 0.15) is 23.0 Å². The van der Waals surface area contributed by atoms with Crippen molar-refractivity contribution in [3.8, 4) is 11.8 Å². The molecule has 0 atom stereocenters. The predicted molar refractivity (Wildman–Crippen MR) is 157 cm³/mol. The van der Waals surface area contributed by atoms with E-state index in [4.69, 9.17) is 20.6 Å². The van der Waals surface area contributed by atoms with E-state index in [0.29, 0.717) is 16.7 Å². The van der Waals surface area contributed by atoms with E-state index in [2.05, 4.69) is 0 Å². The number of carboxylic acids is 3. The standard InChI is InChI=1S/C16H11NO2.C9H8O2.C7H6O3.CH4/c17-11-14(16(18)19)15(12-7-3-1-4-8-12)13-9-5-2-6-10-13;10-9(11)7-6-8-4-2-1-3-5-8;8-6-4-2-1-3-5(6)7(9)10;/h1-10H,(H,18,19);1-7H,(H,10,11);1-4,8H,(H,9,10);1H4/b;7-6+;;. The monoisotopic (exact) mass is 551 g/mol. The van der Waals surface area contributed by atoms with E-state index in [1.165, 1.54) is 12.1 Å². The van der Waals surface area contributed by atoms with Crippen LogP contribution in [0.4, 0.5) is 0 Å². The first-order chi connectivity index (χ1) is 19.2. The summed E-state index contributed by atoms with van der Waals surface area (Å²) in [6, 6.07) is 35.0. The van der Waals surface area contributed by atoms with Crippen LogP contribution in [0.25, 0.3) is 11.6 Å². The van der Waals surface area contributed by atoms with Gasteiger partial charge in [-0.3, -0.25) is 0 Å². The van der Waals surface area contributed by atoms with Crippen molar-refractivity contribution in [1.29, 1.82) is 5.26 Å². The third-order valence-corrected chi connectivity index (χ3v) is 5.05. The number of hydrogen-bond acceptors (Lipinski definition) is 5. The summed E-state index contributed by atoms with van der Waals surface area (Å²) in [5.41, 5.74) is 2.45. The Morgan fingerprint density at radius 2 is 1.10 bits per heavy atom. The zero-order chi connectivity index (χ0) is 29.3. The largest absolute Gasteiger partial charge is 0.507 e. The maximum atomic E-state index is 11.2. The fourth-order valence-electron chi connectivity index (χ4n) is 3.26. The van der Waals surface area contributed by atoms with Crippen molar-refractivity contribution < 1.29 is 34.8 Å². The van der Waals surface area contributed by atoms with Gasteiger partial charge in [-0.25, -0.2) is 14.4 Å². The van der Waals surface area contributed by atoms with Crippen LogP contribution in [-0.2, 0) is 9.59 Å². The Hall–Kier alpha value is -5.94. The molecule has 208 valence electrons. The molecule has 0 bridgehead atoms. The number of nitrogens with zero attached hydrogens (tertiary/aromatic N) is 1. The minimum Gasteiger partial charge on any atom is -0.507 e. The Morgan fingerprint density at radius 1 is 0.659 bits per heavy atom. The SMILES string of the molecule is C.N#CC(C(=O)O)=C(c1ccccc1)c1ccccc1.O=C(O)/C=C/c1ccccc1.O=C(O)c1ccccc1O. The predicted octanol–water partition coefficient (Wildman–Crippen LogP) is 6.61. The van der Waals surface area contributed by atoms with Crippen LogP contribution in [0.15, 0.2) is 127 Å². The Bertz CT molecular complexity index is 1480. The Kier molecular flexibility index (Phi) is 14.2. The highest BCUT2D eigenvalue weighted by molar-refractivity contribution is 6.04. The van der Waals surface area contributed by atoms with Gasteiger partial charge in [-0.2, -0.15) is 5.26 Å². The Morgan fingerprint density at radius 3 is 1.46 bits per heavy atom. The number of para-hydroxylation sites is 1. The van der Waals surface area contributed by atoms with E-state index < -0.39 is 17.9 Å². The van der Waals surface area contributed by atoms with Gasteiger partial charge in [-0.1, -0.05) is 111 Å². The lowest BCUT2D eigenvalue weighted by molar-refractivity contribution is -0.132. The zero-order valence-electron chi connectivity index (χ0n) is 21.1. The van der Waals surface area contributed by atoms with Crippen molar-refractivity contribution in [2.75, 3.05) is 0 Å². The molecular formula is C33H29NO7. The quantitative estimate of drug-likeness (QED) is 0.154. The molecular weight excluding hydrogens is 522 g/mol. The summed E-state index contributed by atoms with van der Waals surface area (Å²) in [6.07, 6.45) is 2.68. The normalized spacial score (nSPS) is 9.34. The fourth-order valence-corrected chi connectivity index (χ4v) is 3.26. The molecule has 0 saturated heterocycles. The van der Waals surface area contributed by atoms with Crippen molar-refractivity contribution in [3.63, 3.8) is 0 Å². The number of rotatable bonds is 6. The van der Waals surface area contributed by atoms with Crippen LogP contribution in [0, 0.1) is 11.3 Å². The molecule has 0 amide bonds. The van der Waals surface area contributed by atoms with Crippen molar-refractivity contribution in [1.82, 2.24) is 0 Å². The van der Waals surface area contributed by atoms with Gasteiger partial charge in [0.05, 0.1) is 0 Å². The van der Waals surface area contributed by atoms with E-state index >= 15 is 0 Å². The summed E-state index contributed by atoms with van der Waals surface area (Å²) in [6.45, 7) is 0. The molecule has 4 aromatic rings. The molecule has 0 heterocycles. The lowest BCUT2D eigenvalue weighted by atomic mass is 9.93. The molecule has 0 unspecified atom stereocenters. The molecule has 4 aromatic carbocycles. The topological polar surface area (TPSA) is 156 Å². The van der Waals surface area contributed by atoms with Crippen LogP contribution < -0.4 is 0 Å². The maximum Gasteiger partial charge on any atom is 0.347 e. The number of benzene rings is 4. The van der Waals surface area contributed by atoms with Gasteiger partial charge in [-0.05, 0) is 34.9 Å². The second kappa shape index (κ2) is 17.5. The average Bonchev–Trinajstić information content (AvgIpc) is 2.97. The van der Waals surface area contributed by atoms with Gasteiger partial charge >= 0.3 is 17.9 Å². The number of aromatic hydroxyl groups is 1. The molecule has 0 radical (unpaired) electrons. The molecule has 0 aromatic heterocycles. The van der Waals surface area contributed by atoms with Gasteiger partial charge in [0, 0.05) is 11.6 Å². The van der Waals surface area contributed by atoms with E-state index in [1.54, 1.807) is 48.5 Å². The number of carboxylic acid groups (broad SMARTS) is 3. The van der Waals surface area contributed by atoms with Gasteiger partial charge in [0.2, 0.25) is 0 Å². The maximum absolute atomic E-state index is 11.2. The molecule has 0 aliphatic carbocycles. The number of carbonyl (C=O) groups is 3. The molecule has 0 saturated carbocycles. The van der Waals surface area contributed by atoms with Crippen molar-refractivity contribution in [2.24, 2.45) is 0 Å². The summed E-state index contributed by atoms with van der Waals surface area (Å²) in [4.78, 5) is 31.6. The van der Waals surface area contributed by atoms with Crippen LogP contribution in [0.3, 0.4) is 0 Å². The van der Waals surface area contributed by atoms with Gasteiger partial charge in [-0.15, -0.1) is 0 Å². The number of aromatic carboxylic acids is 1. The highest BCUT2D eigenvalue weighted by Gasteiger charge is 2.17. The molecule has 8 nitrogen and oxygen atoms in total. The summed E-state index contributed by atoms with van der Waals surface area (Å²) in [5, 5.41) is 43.9. The second-order valence-corrected chi connectivity index (χ2v) is 7.80. The van der Waals surface area contributed by atoms with E-state index in [-0.39, 0.29) is 24.3 Å². The zero-order valence-corrected chi connectivity index (χ0v) is 21.1.